The van der Waals surface area contributed by atoms with E-state index in [9.17, 15) is 20.2 Å². The van der Waals surface area contributed by atoms with Crippen molar-refractivity contribution in [2.45, 2.75) is 13.8 Å². The van der Waals surface area contributed by atoms with Crippen LogP contribution in [0.25, 0.3) is 11.2 Å². The number of hydrogen-bond acceptors (Lipinski definition) is 5. The third kappa shape index (κ3) is 4.34. The number of rotatable bonds is 5. The number of pyridine rings is 1. The van der Waals surface area contributed by atoms with Gasteiger partial charge in [-0.15, -0.1) is 0 Å². The van der Waals surface area contributed by atoms with E-state index in [2.05, 4.69) is 18.1 Å². The van der Waals surface area contributed by atoms with Gasteiger partial charge in [-0.2, -0.15) is 0 Å². The van der Waals surface area contributed by atoms with Crippen molar-refractivity contribution in [1.82, 2.24) is 9.38 Å². The van der Waals surface area contributed by atoms with Crippen LogP contribution in [0.2, 0.25) is 0 Å². The minimum Gasteiger partial charge on any atom is -0.300 e. The van der Waals surface area contributed by atoms with Gasteiger partial charge in [0.25, 0.3) is 11.4 Å². The van der Waals surface area contributed by atoms with E-state index in [1.54, 1.807) is 6.20 Å². The fraction of sp³-hybridized carbons (Fsp3) is 0.133. The zero-order valence-electron chi connectivity index (χ0n) is 12.8. The normalized spacial score (nSPS) is 10.2. The third-order valence-electron chi connectivity index (χ3n) is 2.69. The van der Waals surface area contributed by atoms with Crippen molar-refractivity contribution in [3.05, 3.63) is 81.5 Å². The van der Waals surface area contributed by atoms with Crippen molar-refractivity contribution < 1.29 is 9.85 Å². The topological polar surface area (TPSA) is 104 Å². The molecule has 0 spiro atoms. The molecule has 2 rings (SSSR count). The van der Waals surface area contributed by atoms with Gasteiger partial charge in [0.2, 0.25) is 0 Å². The Morgan fingerprint density at radius 3 is 2.39 bits per heavy atom. The highest BCUT2D eigenvalue weighted by atomic mass is 16.6. The fourth-order valence-electron chi connectivity index (χ4n) is 1.59. The first kappa shape index (κ1) is 17.8. The molecule has 0 bridgehead atoms. The second-order valence-corrected chi connectivity index (χ2v) is 4.14. The van der Waals surface area contributed by atoms with Crippen molar-refractivity contribution >= 4 is 16.9 Å². The molecule has 0 aliphatic heterocycles. The van der Waals surface area contributed by atoms with Gasteiger partial charge in [-0.05, 0) is 24.3 Å². The Morgan fingerprint density at radius 2 is 1.83 bits per heavy atom. The van der Waals surface area contributed by atoms with Gasteiger partial charge in [-0.1, -0.05) is 20.4 Å². The summed E-state index contributed by atoms with van der Waals surface area (Å²) in [6.07, 6.45) is 5.53. The average molecular weight is 316 g/mol. The van der Waals surface area contributed by atoms with E-state index < -0.39 is 9.85 Å². The van der Waals surface area contributed by atoms with Gasteiger partial charge in [0, 0.05) is 18.3 Å². The lowest BCUT2D eigenvalue weighted by molar-refractivity contribution is -0.418. The number of fused-ring (bicyclic) bond motifs is 1. The molecule has 0 radical (unpaired) electrons. The summed E-state index contributed by atoms with van der Waals surface area (Å²) < 4.78 is 1.49. The van der Waals surface area contributed by atoms with Crippen LogP contribution >= 0.6 is 0 Å². The highest BCUT2D eigenvalue weighted by molar-refractivity contribution is 5.71. The molecule has 0 atom stereocenters. The van der Waals surface area contributed by atoms with Gasteiger partial charge in [-0.25, -0.2) is 4.98 Å². The number of nitro groups is 2. The maximum Gasteiger partial charge on any atom is 0.286 e. The monoisotopic (exact) mass is 316 g/mol. The first-order chi connectivity index (χ1) is 10.9. The van der Waals surface area contributed by atoms with Crippen LogP contribution in [-0.4, -0.2) is 19.2 Å². The second-order valence-electron chi connectivity index (χ2n) is 4.14. The molecule has 0 saturated heterocycles. The third-order valence-corrected chi connectivity index (χ3v) is 2.69. The predicted molar refractivity (Wildman–Crippen MR) is 87.5 cm³/mol. The van der Waals surface area contributed by atoms with Crippen LogP contribution in [-0.2, 0) is 0 Å². The van der Waals surface area contributed by atoms with E-state index in [0.717, 1.165) is 0 Å². The van der Waals surface area contributed by atoms with Crippen LogP contribution in [0.5, 0.6) is 0 Å². The van der Waals surface area contributed by atoms with E-state index in [1.165, 1.54) is 34.9 Å². The van der Waals surface area contributed by atoms with E-state index in [-0.39, 0.29) is 11.4 Å². The highest BCUT2D eigenvalue weighted by Gasteiger charge is 2.09. The van der Waals surface area contributed by atoms with Gasteiger partial charge in [0.1, 0.15) is 5.65 Å². The summed E-state index contributed by atoms with van der Waals surface area (Å²) in [7, 11) is 0. The molecule has 0 saturated carbocycles. The molecule has 0 aromatic carbocycles. The van der Waals surface area contributed by atoms with Gasteiger partial charge in [0.05, 0.1) is 21.7 Å². The fourth-order valence-corrected chi connectivity index (χ4v) is 1.59. The van der Waals surface area contributed by atoms with Crippen LogP contribution in [0.4, 0.5) is 5.69 Å². The SMILES string of the molecule is C=C(/C=C\C(=C)[N+](=O)[O-])c1cn2cc([N+](=O)[O-])ccc2n1.CC. The number of nitrogens with zero attached hydrogens (tertiary/aromatic N) is 4. The summed E-state index contributed by atoms with van der Waals surface area (Å²) in [5, 5.41) is 21.1. The molecule has 2 heterocycles. The lowest BCUT2D eigenvalue weighted by atomic mass is 10.2. The molecule has 2 aromatic rings. The molecular formula is C15H16N4O4. The molecule has 0 unspecified atom stereocenters. The predicted octanol–water partition coefficient (Wildman–Crippen LogP) is 3.63. The Balaban J connectivity index is 0.00000127. The lowest BCUT2D eigenvalue weighted by Crippen LogP contribution is -1.92. The maximum atomic E-state index is 10.7. The molecule has 0 aliphatic rings. The van der Waals surface area contributed by atoms with Crippen LogP contribution in [0, 0.1) is 20.2 Å². The van der Waals surface area contributed by atoms with Gasteiger partial charge < -0.3 is 0 Å². The molecule has 0 amide bonds. The molecule has 0 aliphatic carbocycles. The van der Waals surface area contributed by atoms with E-state index in [4.69, 9.17) is 0 Å². The van der Waals surface area contributed by atoms with Crippen LogP contribution in [0.15, 0.2) is 55.5 Å². The molecule has 0 N–H and O–H groups in total. The minimum atomic E-state index is -0.614. The smallest absolute Gasteiger partial charge is 0.286 e. The molecule has 8 nitrogen and oxygen atoms in total. The minimum absolute atomic E-state index is 0.0608. The Kier molecular flexibility index (Phi) is 5.90. The molecule has 23 heavy (non-hydrogen) atoms. The number of aromatic nitrogens is 2. The average Bonchev–Trinajstić information content (AvgIpc) is 2.97. The number of imidazole rings is 1. The van der Waals surface area contributed by atoms with E-state index in [0.29, 0.717) is 16.9 Å². The van der Waals surface area contributed by atoms with Crippen LogP contribution in [0.3, 0.4) is 0 Å². The largest absolute Gasteiger partial charge is 0.300 e. The van der Waals surface area contributed by atoms with Crippen LogP contribution in [0.1, 0.15) is 19.5 Å². The quantitative estimate of drug-likeness (QED) is 0.476. The summed E-state index contributed by atoms with van der Waals surface area (Å²) in [6, 6.07) is 2.86. The highest BCUT2D eigenvalue weighted by Crippen LogP contribution is 2.18. The number of hydrogen-bond donors (Lipinski definition) is 0. The van der Waals surface area contributed by atoms with Crippen molar-refractivity contribution in [3.63, 3.8) is 0 Å². The summed E-state index contributed by atoms with van der Waals surface area (Å²) >= 11 is 0. The Labute approximate surface area is 132 Å². The summed E-state index contributed by atoms with van der Waals surface area (Å²) in [5.41, 5.74) is 1.08. The standard InChI is InChI=1S/C13H10N4O4.C2H6/c1-9(3-4-10(2)16(18)19)12-8-15-7-11(17(20)21)5-6-13(15)14-12;1-2/h3-8H,1-2H2;1-2H3/b4-3-;. The van der Waals surface area contributed by atoms with Gasteiger partial charge in [-0.3, -0.25) is 24.6 Å². The Morgan fingerprint density at radius 1 is 1.17 bits per heavy atom. The van der Waals surface area contributed by atoms with Gasteiger partial charge in [0.15, 0.2) is 0 Å². The van der Waals surface area contributed by atoms with E-state index >= 15 is 0 Å². The molecule has 2 aromatic heterocycles. The Bertz CT molecular complexity index is 805. The van der Waals surface area contributed by atoms with Gasteiger partial charge >= 0.3 is 0 Å². The molecular weight excluding hydrogens is 300 g/mol. The van der Waals surface area contributed by atoms with Crippen molar-refractivity contribution in [2.75, 3.05) is 0 Å². The molecule has 0 fully saturated rings. The molecule has 120 valence electrons. The van der Waals surface area contributed by atoms with Crippen molar-refractivity contribution in [1.29, 1.82) is 0 Å². The van der Waals surface area contributed by atoms with Crippen LogP contribution < -0.4 is 0 Å². The zero-order valence-corrected chi connectivity index (χ0v) is 12.8. The van der Waals surface area contributed by atoms with E-state index in [1.807, 2.05) is 13.8 Å². The molecule has 8 heteroatoms. The zero-order chi connectivity index (χ0) is 17.6. The second kappa shape index (κ2) is 7.64. The number of allylic oxidation sites excluding steroid dienone is 3. The first-order valence-corrected chi connectivity index (χ1v) is 6.72. The van der Waals surface area contributed by atoms with Crippen molar-refractivity contribution in [2.24, 2.45) is 0 Å². The summed E-state index contributed by atoms with van der Waals surface area (Å²) in [5.74, 6) is 0. The summed E-state index contributed by atoms with van der Waals surface area (Å²) in [6.45, 7) is 11.0. The summed E-state index contributed by atoms with van der Waals surface area (Å²) in [4.78, 5) is 24.2. The lowest BCUT2D eigenvalue weighted by Gasteiger charge is -1.92. The maximum absolute atomic E-state index is 10.7. The Hall–Kier alpha value is -3.29. The first-order valence-electron chi connectivity index (χ1n) is 6.72. The van der Waals surface area contributed by atoms with Crippen molar-refractivity contribution in [3.8, 4) is 0 Å².